The molecule has 1 aromatic carbocycles. The highest BCUT2D eigenvalue weighted by Crippen LogP contribution is 2.56. The van der Waals surface area contributed by atoms with Gasteiger partial charge in [-0.05, 0) is 45.8 Å². The number of aromatic nitrogens is 2. The van der Waals surface area contributed by atoms with Gasteiger partial charge in [0.1, 0.15) is 16.1 Å². The van der Waals surface area contributed by atoms with Crippen LogP contribution in [0.2, 0.25) is 0 Å². The van der Waals surface area contributed by atoms with Gasteiger partial charge in [0, 0.05) is 0 Å². The normalized spacial score (nSPS) is 22.3. The summed E-state index contributed by atoms with van der Waals surface area (Å²) in [5, 5.41) is 10.3. The topological polar surface area (TPSA) is 86.3 Å². The lowest BCUT2D eigenvalue weighted by atomic mass is 9.71. The van der Waals surface area contributed by atoms with E-state index in [1.807, 2.05) is 57.2 Å². The zero-order valence-electron chi connectivity index (χ0n) is 16.4. The number of likely N-dealkylation sites (tertiary alicyclic amines) is 1. The second-order valence-electron chi connectivity index (χ2n) is 8.41. The number of benzene rings is 1. The number of hydrogen-bond donors (Lipinski definition) is 2. The van der Waals surface area contributed by atoms with E-state index in [0.29, 0.717) is 28.9 Å². The SMILES string of the molecule is CC(C)(C)[C@]1(c2nc3cc(Br)sc3c(=O)[nH]2)CC[C@H](c2ccccc2)N1C(=O)O. The highest BCUT2D eigenvalue weighted by molar-refractivity contribution is 9.11. The van der Waals surface area contributed by atoms with E-state index in [0.717, 1.165) is 9.35 Å². The average molecular weight is 476 g/mol. The summed E-state index contributed by atoms with van der Waals surface area (Å²) < 4.78 is 1.35. The molecule has 0 bridgehead atoms. The number of thiophene rings is 1. The Labute approximate surface area is 180 Å². The summed E-state index contributed by atoms with van der Waals surface area (Å²) >= 11 is 4.74. The number of amides is 1. The molecule has 0 spiro atoms. The van der Waals surface area contributed by atoms with Crippen LogP contribution in [0.15, 0.2) is 45.0 Å². The zero-order chi connectivity index (χ0) is 21.0. The summed E-state index contributed by atoms with van der Waals surface area (Å²) in [5.41, 5.74) is -0.161. The van der Waals surface area contributed by atoms with Gasteiger partial charge < -0.3 is 10.1 Å². The molecule has 1 saturated heterocycles. The number of aromatic amines is 1. The van der Waals surface area contributed by atoms with Crippen molar-refractivity contribution < 1.29 is 9.90 Å². The fraction of sp³-hybridized carbons (Fsp3) is 0.381. The standard InChI is InChI=1S/C21H22BrN3O3S/c1-20(2,3)21(18-23-13-11-15(22)29-16(13)17(26)24-18)10-9-14(25(21)19(27)28)12-7-5-4-6-8-12/h4-8,11,14H,9-10H2,1-3H3,(H,27,28)(H,23,24,26)/t14-,21-/m1/s1. The first-order valence-corrected chi connectivity index (χ1v) is 11.0. The van der Waals surface area contributed by atoms with E-state index in [4.69, 9.17) is 4.98 Å². The van der Waals surface area contributed by atoms with Crippen molar-refractivity contribution >= 4 is 43.6 Å². The molecule has 4 rings (SSSR count). The number of hydrogen-bond acceptors (Lipinski definition) is 4. The van der Waals surface area contributed by atoms with Crippen LogP contribution in [-0.2, 0) is 5.54 Å². The van der Waals surface area contributed by atoms with Gasteiger partial charge in [-0.15, -0.1) is 11.3 Å². The third-order valence-electron chi connectivity index (χ3n) is 5.88. The van der Waals surface area contributed by atoms with E-state index in [1.54, 1.807) is 0 Å². The molecule has 2 N–H and O–H groups in total. The second-order valence-corrected chi connectivity index (χ2v) is 10.8. The van der Waals surface area contributed by atoms with Gasteiger partial charge in [-0.1, -0.05) is 51.1 Å². The van der Waals surface area contributed by atoms with Gasteiger partial charge in [-0.3, -0.25) is 9.69 Å². The molecule has 2 atom stereocenters. The van der Waals surface area contributed by atoms with E-state index in [1.165, 1.54) is 16.2 Å². The lowest BCUT2D eigenvalue weighted by molar-refractivity contribution is 0.00355. The number of H-pyrrole nitrogens is 1. The van der Waals surface area contributed by atoms with Gasteiger partial charge in [-0.2, -0.15) is 0 Å². The molecule has 1 aliphatic heterocycles. The fourth-order valence-electron chi connectivity index (χ4n) is 4.58. The summed E-state index contributed by atoms with van der Waals surface area (Å²) in [4.78, 5) is 34.6. The van der Waals surface area contributed by atoms with Crippen molar-refractivity contribution in [2.24, 2.45) is 5.41 Å². The molecule has 6 nitrogen and oxygen atoms in total. The van der Waals surface area contributed by atoms with Crippen molar-refractivity contribution in [3.63, 3.8) is 0 Å². The van der Waals surface area contributed by atoms with Gasteiger partial charge in [0.15, 0.2) is 0 Å². The number of halogens is 1. The van der Waals surface area contributed by atoms with Gasteiger partial charge in [0.25, 0.3) is 5.56 Å². The third-order valence-corrected chi connectivity index (χ3v) is 7.50. The molecular weight excluding hydrogens is 454 g/mol. The van der Waals surface area contributed by atoms with Crippen LogP contribution >= 0.6 is 27.3 Å². The Kier molecular flexibility index (Phi) is 4.82. The predicted octanol–water partition coefficient (Wildman–Crippen LogP) is 5.50. The van der Waals surface area contributed by atoms with E-state index >= 15 is 0 Å². The lowest BCUT2D eigenvalue weighted by Gasteiger charge is -2.47. The first-order chi connectivity index (χ1) is 13.6. The molecule has 1 fully saturated rings. The van der Waals surface area contributed by atoms with Crippen LogP contribution in [0, 0.1) is 5.41 Å². The van der Waals surface area contributed by atoms with E-state index < -0.39 is 17.0 Å². The summed E-state index contributed by atoms with van der Waals surface area (Å²) in [5.74, 6) is 0.411. The Balaban J connectivity index is 1.97. The second kappa shape index (κ2) is 6.95. The molecule has 2 aromatic heterocycles. The van der Waals surface area contributed by atoms with Crippen molar-refractivity contribution in [2.75, 3.05) is 0 Å². The van der Waals surface area contributed by atoms with Crippen molar-refractivity contribution in [3.8, 4) is 0 Å². The Morgan fingerprint density at radius 1 is 1.34 bits per heavy atom. The highest BCUT2D eigenvalue weighted by atomic mass is 79.9. The van der Waals surface area contributed by atoms with E-state index in [9.17, 15) is 14.7 Å². The van der Waals surface area contributed by atoms with Crippen molar-refractivity contribution in [1.29, 1.82) is 0 Å². The van der Waals surface area contributed by atoms with Gasteiger partial charge in [0.2, 0.25) is 0 Å². The number of carbonyl (C=O) groups is 1. The quantitative estimate of drug-likeness (QED) is 0.511. The monoisotopic (exact) mass is 475 g/mol. The van der Waals surface area contributed by atoms with Crippen LogP contribution in [0.1, 0.15) is 51.0 Å². The fourth-order valence-corrected chi connectivity index (χ4v) is 6.00. The van der Waals surface area contributed by atoms with Crippen LogP contribution < -0.4 is 5.56 Å². The number of carboxylic acid groups (broad SMARTS) is 1. The molecule has 0 unspecified atom stereocenters. The lowest BCUT2D eigenvalue weighted by Crippen LogP contribution is -2.54. The summed E-state index contributed by atoms with van der Waals surface area (Å²) in [6.45, 7) is 6.01. The smallest absolute Gasteiger partial charge is 0.408 e. The van der Waals surface area contributed by atoms with Gasteiger partial charge in [-0.25, -0.2) is 9.78 Å². The minimum atomic E-state index is -1.01. The Morgan fingerprint density at radius 3 is 2.66 bits per heavy atom. The molecule has 8 heteroatoms. The third kappa shape index (κ3) is 3.09. The number of rotatable bonds is 2. The van der Waals surface area contributed by atoms with Gasteiger partial charge >= 0.3 is 6.09 Å². The average Bonchev–Trinajstić information content (AvgIpc) is 3.23. The van der Waals surface area contributed by atoms with Gasteiger partial charge in [0.05, 0.1) is 15.3 Å². The Hall–Kier alpha value is -2.19. The number of nitrogens with one attached hydrogen (secondary N) is 1. The predicted molar refractivity (Wildman–Crippen MR) is 117 cm³/mol. The minimum Gasteiger partial charge on any atom is -0.465 e. The maximum absolute atomic E-state index is 12.8. The molecular formula is C21H22BrN3O3S. The zero-order valence-corrected chi connectivity index (χ0v) is 18.8. The molecule has 152 valence electrons. The molecule has 3 aromatic rings. The molecule has 1 aliphatic rings. The molecule has 0 aliphatic carbocycles. The Morgan fingerprint density at radius 2 is 2.03 bits per heavy atom. The van der Waals surface area contributed by atoms with Crippen molar-refractivity contribution in [1.82, 2.24) is 14.9 Å². The Bertz CT molecular complexity index is 1140. The van der Waals surface area contributed by atoms with E-state index in [2.05, 4.69) is 20.9 Å². The van der Waals surface area contributed by atoms with Crippen molar-refractivity contribution in [3.05, 3.63) is 61.9 Å². The highest BCUT2D eigenvalue weighted by Gasteiger charge is 2.58. The summed E-state index contributed by atoms with van der Waals surface area (Å²) in [7, 11) is 0. The van der Waals surface area contributed by atoms with Crippen LogP contribution in [0.4, 0.5) is 4.79 Å². The molecule has 0 saturated carbocycles. The van der Waals surface area contributed by atoms with Crippen LogP contribution in [0.25, 0.3) is 10.2 Å². The first kappa shape index (κ1) is 20.1. The van der Waals surface area contributed by atoms with E-state index in [-0.39, 0.29) is 11.6 Å². The first-order valence-electron chi connectivity index (χ1n) is 9.42. The maximum Gasteiger partial charge on any atom is 0.408 e. The van der Waals surface area contributed by atoms with Crippen LogP contribution in [0.3, 0.4) is 0 Å². The van der Waals surface area contributed by atoms with Crippen LogP contribution in [0.5, 0.6) is 0 Å². The molecule has 1 amide bonds. The summed E-state index contributed by atoms with van der Waals surface area (Å²) in [6, 6.07) is 11.2. The molecule has 3 heterocycles. The molecule has 29 heavy (non-hydrogen) atoms. The minimum absolute atomic E-state index is 0.238. The van der Waals surface area contributed by atoms with Crippen molar-refractivity contribution in [2.45, 2.75) is 45.2 Å². The largest absolute Gasteiger partial charge is 0.465 e. The number of fused-ring (bicyclic) bond motifs is 1. The maximum atomic E-state index is 12.8. The summed E-state index contributed by atoms with van der Waals surface area (Å²) in [6.07, 6.45) is 0.214. The molecule has 0 radical (unpaired) electrons. The van der Waals surface area contributed by atoms with Crippen LogP contribution in [-0.4, -0.2) is 26.1 Å². The number of nitrogens with zero attached hydrogens (tertiary/aromatic N) is 2.